The van der Waals surface area contributed by atoms with Crippen LogP contribution in [0.25, 0.3) is 0 Å². The molecule has 16 heavy (non-hydrogen) atoms. The van der Waals surface area contributed by atoms with Crippen LogP contribution in [-0.4, -0.2) is 30.1 Å². The minimum absolute atomic E-state index is 0.0404. The zero-order chi connectivity index (χ0) is 12.6. The van der Waals surface area contributed by atoms with Gasteiger partial charge in [0, 0.05) is 13.1 Å². The van der Waals surface area contributed by atoms with Gasteiger partial charge in [-0.05, 0) is 17.8 Å². The van der Waals surface area contributed by atoms with Crippen molar-refractivity contribution in [2.75, 3.05) is 13.1 Å². The number of carbonyl (C=O) groups excluding carboxylic acids is 1. The highest BCUT2D eigenvalue weighted by atomic mass is 19.4. The Bertz CT molecular complexity index is 275. The molecule has 0 aliphatic carbocycles. The molecule has 0 unspecified atom stereocenters. The molecular weight excluding hydrogens is 219 g/mol. The zero-order valence-corrected chi connectivity index (χ0v) is 9.90. The van der Waals surface area contributed by atoms with E-state index in [0.717, 1.165) is 6.42 Å². The highest BCUT2D eigenvalue weighted by Crippen LogP contribution is 2.37. The molecule has 94 valence electrons. The van der Waals surface area contributed by atoms with E-state index in [0.29, 0.717) is 19.0 Å². The van der Waals surface area contributed by atoms with Crippen LogP contribution in [0.4, 0.5) is 13.2 Å². The van der Waals surface area contributed by atoms with Crippen LogP contribution >= 0.6 is 0 Å². The van der Waals surface area contributed by atoms with Gasteiger partial charge in [-0.3, -0.25) is 4.79 Å². The Morgan fingerprint density at radius 1 is 1.44 bits per heavy atom. The lowest BCUT2D eigenvalue weighted by Gasteiger charge is -2.28. The molecule has 0 spiro atoms. The van der Waals surface area contributed by atoms with Crippen LogP contribution in [0.5, 0.6) is 0 Å². The van der Waals surface area contributed by atoms with Gasteiger partial charge in [0.1, 0.15) is 6.42 Å². The van der Waals surface area contributed by atoms with Gasteiger partial charge in [-0.25, -0.2) is 0 Å². The van der Waals surface area contributed by atoms with Crippen molar-refractivity contribution in [2.24, 2.45) is 11.3 Å². The van der Waals surface area contributed by atoms with E-state index in [1.807, 2.05) is 20.8 Å². The van der Waals surface area contributed by atoms with Gasteiger partial charge in [-0.1, -0.05) is 20.8 Å². The van der Waals surface area contributed by atoms with E-state index in [1.165, 1.54) is 4.90 Å². The third-order valence-corrected chi connectivity index (χ3v) is 3.60. The molecule has 0 bridgehead atoms. The first-order valence-corrected chi connectivity index (χ1v) is 5.48. The largest absolute Gasteiger partial charge is 0.397 e. The van der Waals surface area contributed by atoms with Gasteiger partial charge < -0.3 is 4.90 Å². The first kappa shape index (κ1) is 13.3. The average molecular weight is 237 g/mol. The van der Waals surface area contributed by atoms with E-state index in [1.54, 1.807) is 0 Å². The lowest BCUT2D eigenvalue weighted by molar-refractivity contribution is -0.160. The fourth-order valence-corrected chi connectivity index (χ4v) is 1.95. The highest BCUT2D eigenvalue weighted by Gasteiger charge is 2.41. The van der Waals surface area contributed by atoms with Gasteiger partial charge in [0.15, 0.2) is 0 Å². The normalized spacial score (nSPS) is 26.6. The fourth-order valence-electron chi connectivity index (χ4n) is 1.95. The summed E-state index contributed by atoms with van der Waals surface area (Å²) in [5.41, 5.74) is -0.0404. The lowest BCUT2D eigenvalue weighted by atomic mass is 9.78. The number of carbonyl (C=O) groups is 1. The van der Waals surface area contributed by atoms with Crippen molar-refractivity contribution in [3.8, 4) is 0 Å². The Kier molecular flexibility index (Phi) is 3.55. The van der Waals surface area contributed by atoms with Gasteiger partial charge in [0.05, 0.1) is 0 Å². The Morgan fingerprint density at radius 3 is 2.38 bits per heavy atom. The van der Waals surface area contributed by atoms with E-state index in [9.17, 15) is 18.0 Å². The first-order chi connectivity index (χ1) is 7.14. The molecule has 1 saturated heterocycles. The molecule has 1 amide bonds. The van der Waals surface area contributed by atoms with Gasteiger partial charge in [-0.2, -0.15) is 13.2 Å². The Balaban J connectivity index is 2.57. The van der Waals surface area contributed by atoms with E-state index in [-0.39, 0.29) is 5.41 Å². The topological polar surface area (TPSA) is 20.3 Å². The average Bonchev–Trinajstić information content (AvgIpc) is 2.46. The van der Waals surface area contributed by atoms with Crippen molar-refractivity contribution >= 4 is 5.91 Å². The zero-order valence-electron chi connectivity index (χ0n) is 9.90. The monoisotopic (exact) mass is 237 g/mol. The summed E-state index contributed by atoms with van der Waals surface area (Å²) in [6.45, 7) is 7.00. The molecule has 0 saturated carbocycles. The summed E-state index contributed by atoms with van der Waals surface area (Å²) in [7, 11) is 0. The predicted octanol–water partition coefficient (Wildman–Crippen LogP) is 2.83. The number of amides is 1. The maximum atomic E-state index is 12.1. The van der Waals surface area contributed by atoms with Crippen LogP contribution in [0.3, 0.4) is 0 Å². The number of hydrogen-bond donors (Lipinski definition) is 0. The lowest BCUT2D eigenvalue weighted by Crippen LogP contribution is -2.35. The molecule has 1 atom stereocenters. The van der Waals surface area contributed by atoms with Crippen molar-refractivity contribution in [2.45, 2.75) is 39.8 Å². The second-order valence-electron chi connectivity index (χ2n) is 5.17. The van der Waals surface area contributed by atoms with Crippen LogP contribution in [0.1, 0.15) is 33.6 Å². The summed E-state index contributed by atoms with van der Waals surface area (Å²) >= 11 is 0. The third-order valence-electron chi connectivity index (χ3n) is 3.60. The quantitative estimate of drug-likeness (QED) is 0.723. The van der Waals surface area contributed by atoms with Crippen molar-refractivity contribution < 1.29 is 18.0 Å². The molecule has 1 aliphatic heterocycles. The standard InChI is InChI=1S/C11H18F3NO/c1-8(2)10(3)4-5-15(7-10)9(16)6-11(12,13)14/h8H,4-7H2,1-3H3/t10-/m1/s1. The second-order valence-corrected chi connectivity index (χ2v) is 5.17. The molecule has 5 heteroatoms. The third kappa shape index (κ3) is 3.12. The van der Waals surface area contributed by atoms with Crippen LogP contribution in [0.2, 0.25) is 0 Å². The van der Waals surface area contributed by atoms with Crippen molar-refractivity contribution in [1.82, 2.24) is 4.90 Å². The molecule has 1 rings (SSSR count). The molecule has 0 aromatic rings. The molecule has 2 nitrogen and oxygen atoms in total. The number of nitrogens with zero attached hydrogens (tertiary/aromatic N) is 1. The number of rotatable bonds is 2. The number of hydrogen-bond acceptors (Lipinski definition) is 1. The van der Waals surface area contributed by atoms with E-state index in [2.05, 4.69) is 0 Å². The Labute approximate surface area is 93.8 Å². The summed E-state index contributed by atoms with van der Waals surface area (Å²) < 4.78 is 36.2. The molecular formula is C11H18F3NO. The number of likely N-dealkylation sites (tertiary alicyclic amines) is 1. The SMILES string of the molecule is CC(C)[C@]1(C)CCN(C(=O)CC(F)(F)F)C1. The molecule has 1 aliphatic rings. The molecule has 0 N–H and O–H groups in total. The van der Waals surface area contributed by atoms with Crippen LogP contribution in [0, 0.1) is 11.3 Å². The van der Waals surface area contributed by atoms with Crippen molar-refractivity contribution in [1.29, 1.82) is 0 Å². The van der Waals surface area contributed by atoms with Gasteiger partial charge in [0.2, 0.25) is 5.91 Å². The molecule has 1 fully saturated rings. The minimum Gasteiger partial charge on any atom is -0.342 e. The van der Waals surface area contributed by atoms with Gasteiger partial charge in [-0.15, -0.1) is 0 Å². The summed E-state index contributed by atoms with van der Waals surface area (Å²) in [6.07, 6.45) is -4.94. The summed E-state index contributed by atoms with van der Waals surface area (Å²) in [4.78, 5) is 12.7. The summed E-state index contributed by atoms with van der Waals surface area (Å²) in [5.74, 6) is -0.423. The fraction of sp³-hybridized carbons (Fsp3) is 0.909. The smallest absolute Gasteiger partial charge is 0.342 e. The van der Waals surface area contributed by atoms with Crippen LogP contribution < -0.4 is 0 Å². The van der Waals surface area contributed by atoms with Crippen LogP contribution in [-0.2, 0) is 4.79 Å². The molecule has 0 radical (unpaired) electrons. The molecule has 0 aromatic carbocycles. The second kappa shape index (κ2) is 4.26. The number of alkyl halides is 3. The molecule has 0 aromatic heterocycles. The van der Waals surface area contributed by atoms with Crippen LogP contribution in [0.15, 0.2) is 0 Å². The summed E-state index contributed by atoms with van der Waals surface area (Å²) in [5, 5.41) is 0. The Hall–Kier alpha value is -0.740. The van der Waals surface area contributed by atoms with Crippen molar-refractivity contribution in [3.63, 3.8) is 0 Å². The Morgan fingerprint density at radius 2 is 2.00 bits per heavy atom. The van der Waals surface area contributed by atoms with Gasteiger partial charge >= 0.3 is 6.18 Å². The van der Waals surface area contributed by atoms with Crippen molar-refractivity contribution in [3.05, 3.63) is 0 Å². The minimum atomic E-state index is -4.39. The molecule has 1 heterocycles. The highest BCUT2D eigenvalue weighted by molar-refractivity contribution is 5.77. The number of halogens is 3. The summed E-state index contributed by atoms with van der Waals surface area (Å²) in [6, 6.07) is 0. The first-order valence-electron chi connectivity index (χ1n) is 5.48. The maximum Gasteiger partial charge on any atom is 0.397 e. The van der Waals surface area contributed by atoms with E-state index in [4.69, 9.17) is 0 Å². The van der Waals surface area contributed by atoms with Gasteiger partial charge in [0.25, 0.3) is 0 Å². The predicted molar refractivity (Wildman–Crippen MR) is 54.8 cm³/mol. The van der Waals surface area contributed by atoms with E-state index < -0.39 is 18.5 Å². The van der Waals surface area contributed by atoms with E-state index >= 15 is 0 Å². The maximum absolute atomic E-state index is 12.1.